The standard InChI is InChI=1S/C12H21N3O4/c1-12(2,3)19-11(18)14-7-8(16)9(17)10-13-5-6-15(10)4/h5-6,8-9,16-17H,7H2,1-4H3,(H,14,18). The molecule has 3 N–H and O–H groups in total. The van der Waals surface area contributed by atoms with Crippen LogP contribution in [0.2, 0.25) is 0 Å². The Kier molecular flexibility index (Phi) is 4.90. The molecule has 1 amide bonds. The van der Waals surface area contributed by atoms with Gasteiger partial charge in [0.25, 0.3) is 0 Å². The largest absolute Gasteiger partial charge is 0.444 e. The van der Waals surface area contributed by atoms with E-state index in [2.05, 4.69) is 10.3 Å². The lowest BCUT2D eigenvalue weighted by Gasteiger charge is -2.22. The van der Waals surface area contributed by atoms with Crippen molar-refractivity contribution in [3.05, 3.63) is 18.2 Å². The van der Waals surface area contributed by atoms with E-state index in [9.17, 15) is 15.0 Å². The lowest BCUT2D eigenvalue weighted by atomic mass is 10.2. The summed E-state index contributed by atoms with van der Waals surface area (Å²) in [6.07, 6.45) is 0.209. The summed E-state index contributed by atoms with van der Waals surface area (Å²) in [4.78, 5) is 15.3. The number of nitrogens with one attached hydrogen (secondary N) is 1. The predicted octanol–water partition coefficient (Wildman–Crippen LogP) is 0.339. The summed E-state index contributed by atoms with van der Waals surface area (Å²) in [5.74, 6) is 0.332. The minimum atomic E-state index is -1.17. The number of aliphatic hydroxyl groups excluding tert-OH is 2. The molecule has 2 atom stereocenters. The van der Waals surface area contributed by atoms with Crippen molar-refractivity contribution in [3.63, 3.8) is 0 Å². The number of aryl methyl sites for hydroxylation is 1. The summed E-state index contributed by atoms with van der Waals surface area (Å²) < 4.78 is 6.62. The number of hydrogen-bond donors (Lipinski definition) is 3. The first-order valence-corrected chi connectivity index (χ1v) is 6.01. The molecule has 0 aliphatic rings. The summed E-state index contributed by atoms with van der Waals surface area (Å²) in [5.41, 5.74) is -0.604. The van der Waals surface area contributed by atoms with Crippen LogP contribution in [0.25, 0.3) is 0 Å². The number of ether oxygens (including phenoxy) is 1. The van der Waals surface area contributed by atoms with Crippen molar-refractivity contribution in [3.8, 4) is 0 Å². The molecule has 0 radical (unpaired) electrons. The molecule has 108 valence electrons. The normalized spacial score (nSPS) is 14.8. The third-order valence-electron chi connectivity index (χ3n) is 2.34. The van der Waals surface area contributed by atoms with Gasteiger partial charge in [0.1, 0.15) is 23.6 Å². The van der Waals surface area contributed by atoms with Crippen LogP contribution in [0.3, 0.4) is 0 Å². The molecule has 0 aliphatic carbocycles. The third kappa shape index (κ3) is 4.88. The molecule has 7 heteroatoms. The number of hydrogen-bond acceptors (Lipinski definition) is 5. The first-order valence-electron chi connectivity index (χ1n) is 6.01. The molecule has 1 aromatic rings. The highest BCUT2D eigenvalue weighted by atomic mass is 16.6. The fraction of sp³-hybridized carbons (Fsp3) is 0.667. The molecular weight excluding hydrogens is 250 g/mol. The van der Waals surface area contributed by atoms with E-state index in [0.717, 1.165) is 0 Å². The number of nitrogens with zero attached hydrogens (tertiary/aromatic N) is 2. The minimum absolute atomic E-state index is 0.122. The second-order valence-corrected chi connectivity index (χ2v) is 5.29. The van der Waals surface area contributed by atoms with Gasteiger partial charge in [-0.1, -0.05) is 0 Å². The Morgan fingerprint density at radius 1 is 1.53 bits per heavy atom. The van der Waals surface area contributed by atoms with Crippen LogP contribution in [0.15, 0.2) is 12.4 Å². The van der Waals surface area contributed by atoms with Crippen molar-refractivity contribution in [1.82, 2.24) is 14.9 Å². The highest BCUT2D eigenvalue weighted by Gasteiger charge is 2.23. The second kappa shape index (κ2) is 6.03. The predicted molar refractivity (Wildman–Crippen MR) is 68.4 cm³/mol. The maximum atomic E-state index is 11.4. The van der Waals surface area contributed by atoms with Crippen molar-refractivity contribution in [1.29, 1.82) is 0 Å². The number of imidazole rings is 1. The van der Waals surface area contributed by atoms with Crippen LogP contribution in [-0.4, -0.2) is 44.1 Å². The van der Waals surface area contributed by atoms with Crippen LogP contribution in [0, 0.1) is 0 Å². The van der Waals surface area contributed by atoms with E-state index in [1.54, 1.807) is 38.6 Å². The highest BCUT2D eigenvalue weighted by Crippen LogP contribution is 2.13. The van der Waals surface area contributed by atoms with Gasteiger partial charge in [0.05, 0.1) is 0 Å². The zero-order valence-electron chi connectivity index (χ0n) is 11.6. The molecule has 0 saturated carbocycles. The number of amides is 1. The minimum Gasteiger partial charge on any atom is -0.444 e. The van der Waals surface area contributed by atoms with Crippen LogP contribution in [0.5, 0.6) is 0 Å². The Hall–Kier alpha value is -1.60. The molecule has 0 spiro atoms. The van der Waals surface area contributed by atoms with Gasteiger partial charge in [0, 0.05) is 26.0 Å². The summed E-state index contributed by atoms with van der Waals surface area (Å²) in [5, 5.41) is 22.1. The average molecular weight is 271 g/mol. The SMILES string of the molecule is Cn1ccnc1C(O)C(O)CNC(=O)OC(C)(C)C. The number of aliphatic hydroxyl groups is 2. The van der Waals surface area contributed by atoms with Crippen molar-refractivity contribution in [2.24, 2.45) is 7.05 Å². The summed E-state index contributed by atoms with van der Waals surface area (Å²) >= 11 is 0. The maximum absolute atomic E-state index is 11.4. The van der Waals surface area contributed by atoms with Crippen LogP contribution < -0.4 is 5.32 Å². The number of carbonyl (C=O) groups excluding carboxylic acids is 1. The van der Waals surface area contributed by atoms with E-state index >= 15 is 0 Å². The monoisotopic (exact) mass is 271 g/mol. The fourth-order valence-electron chi connectivity index (χ4n) is 1.45. The lowest BCUT2D eigenvalue weighted by molar-refractivity contribution is 0.00733. The number of alkyl carbamates (subject to hydrolysis) is 1. The van der Waals surface area contributed by atoms with Gasteiger partial charge in [-0.25, -0.2) is 9.78 Å². The molecular formula is C12H21N3O4. The number of aromatic nitrogens is 2. The quantitative estimate of drug-likeness (QED) is 0.733. The van der Waals surface area contributed by atoms with E-state index in [4.69, 9.17) is 4.74 Å². The van der Waals surface area contributed by atoms with Crippen LogP contribution in [0.4, 0.5) is 4.79 Å². The van der Waals surface area contributed by atoms with E-state index in [1.165, 1.54) is 6.20 Å². The molecule has 19 heavy (non-hydrogen) atoms. The second-order valence-electron chi connectivity index (χ2n) is 5.29. The van der Waals surface area contributed by atoms with E-state index in [1.807, 2.05) is 0 Å². The van der Waals surface area contributed by atoms with Crippen molar-refractivity contribution in [2.75, 3.05) is 6.54 Å². The van der Waals surface area contributed by atoms with E-state index < -0.39 is 23.9 Å². The van der Waals surface area contributed by atoms with Gasteiger partial charge in [-0.15, -0.1) is 0 Å². The van der Waals surface area contributed by atoms with E-state index in [-0.39, 0.29) is 6.54 Å². The first kappa shape index (κ1) is 15.5. The summed E-state index contributed by atoms with van der Waals surface area (Å²) in [6, 6.07) is 0. The molecule has 0 aliphatic heterocycles. The third-order valence-corrected chi connectivity index (χ3v) is 2.34. The number of carbonyl (C=O) groups is 1. The molecule has 0 bridgehead atoms. The van der Waals surface area contributed by atoms with Crippen LogP contribution >= 0.6 is 0 Å². The Bertz CT molecular complexity index is 425. The van der Waals surface area contributed by atoms with Crippen molar-refractivity contribution in [2.45, 2.75) is 38.6 Å². The smallest absolute Gasteiger partial charge is 0.407 e. The molecule has 1 rings (SSSR count). The fourth-order valence-corrected chi connectivity index (χ4v) is 1.45. The van der Waals surface area contributed by atoms with Crippen molar-refractivity contribution >= 4 is 6.09 Å². The molecule has 1 aromatic heterocycles. The highest BCUT2D eigenvalue weighted by molar-refractivity contribution is 5.67. The van der Waals surface area contributed by atoms with Gasteiger partial charge in [-0.3, -0.25) is 0 Å². The maximum Gasteiger partial charge on any atom is 0.407 e. The zero-order valence-corrected chi connectivity index (χ0v) is 11.6. The summed E-state index contributed by atoms with van der Waals surface area (Å²) in [7, 11) is 1.71. The average Bonchev–Trinajstić information content (AvgIpc) is 2.69. The zero-order chi connectivity index (χ0) is 14.6. The first-order chi connectivity index (χ1) is 8.70. The molecule has 0 fully saturated rings. The van der Waals surface area contributed by atoms with Gasteiger partial charge in [0.2, 0.25) is 0 Å². The number of rotatable bonds is 4. The van der Waals surface area contributed by atoms with Gasteiger partial charge in [0.15, 0.2) is 0 Å². The molecule has 2 unspecified atom stereocenters. The Labute approximate surface area is 112 Å². The lowest BCUT2D eigenvalue weighted by Crippen LogP contribution is -2.39. The van der Waals surface area contributed by atoms with Crippen molar-refractivity contribution < 1.29 is 19.7 Å². The molecule has 1 heterocycles. The van der Waals surface area contributed by atoms with Gasteiger partial charge in [-0.05, 0) is 20.8 Å². The summed E-state index contributed by atoms with van der Waals surface area (Å²) in [6.45, 7) is 5.10. The Balaban J connectivity index is 2.45. The Morgan fingerprint density at radius 3 is 2.63 bits per heavy atom. The molecule has 0 saturated heterocycles. The van der Waals surface area contributed by atoms with Gasteiger partial charge in [-0.2, -0.15) is 0 Å². The van der Waals surface area contributed by atoms with Gasteiger partial charge < -0.3 is 24.8 Å². The van der Waals surface area contributed by atoms with Gasteiger partial charge >= 0.3 is 6.09 Å². The molecule has 7 nitrogen and oxygen atoms in total. The topological polar surface area (TPSA) is 96.6 Å². The Morgan fingerprint density at radius 2 is 2.16 bits per heavy atom. The van der Waals surface area contributed by atoms with Crippen LogP contribution in [-0.2, 0) is 11.8 Å². The van der Waals surface area contributed by atoms with Crippen LogP contribution in [0.1, 0.15) is 32.7 Å². The van der Waals surface area contributed by atoms with E-state index in [0.29, 0.717) is 5.82 Å². The molecule has 0 aromatic carbocycles.